The molecule has 1 amide bonds. The summed E-state index contributed by atoms with van der Waals surface area (Å²) in [5, 5.41) is 0.500. The highest BCUT2D eigenvalue weighted by Crippen LogP contribution is 2.36. The fourth-order valence-electron chi connectivity index (χ4n) is 4.01. The Bertz CT molecular complexity index is 1020. The van der Waals surface area contributed by atoms with E-state index in [0.717, 1.165) is 25.1 Å². The number of hydrogen-bond donors (Lipinski definition) is 3. The second kappa shape index (κ2) is 8.14. The number of piperidine rings is 1. The van der Waals surface area contributed by atoms with E-state index in [-0.39, 0.29) is 6.04 Å². The van der Waals surface area contributed by atoms with Gasteiger partial charge in [0.2, 0.25) is 5.91 Å². The van der Waals surface area contributed by atoms with E-state index in [0.29, 0.717) is 28.4 Å². The first-order valence-electron chi connectivity index (χ1n) is 9.81. The van der Waals surface area contributed by atoms with Crippen molar-refractivity contribution in [1.82, 2.24) is 4.98 Å². The molecule has 4 rings (SSSR count). The van der Waals surface area contributed by atoms with Crippen LogP contribution in [0.15, 0.2) is 52.7 Å². The average molecular weight is 426 g/mol. The molecule has 30 heavy (non-hydrogen) atoms. The molecule has 0 aliphatic carbocycles. The van der Waals surface area contributed by atoms with Gasteiger partial charge in [0.15, 0.2) is 11.7 Å². The third kappa shape index (κ3) is 3.69. The van der Waals surface area contributed by atoms with E-state index in [1.54, 1.807) is 30.7 Å². The van der Waals surface area contributed by atoms with Gasteiger partial charge in [-0.1, -0.05) is 29.8 Å². The predicted octanol–water partition coefficient (Wildman–Crippen LogP) is 1.20. The van der Waals surface area contributed by atoms with Crippen LogP contribution < -0.4 is 22.1 Å². The molecule has 3 unspecified atom stereocenters. The molecule has 1 saturated heterocycles. The molecule has 9 heteroatoms. The topological polar surface area (TPSA) is 136 Å². The van der Waals surface area contributed by atoms with Crippen molar-refractivity contribution in [2.24, 2.45) is 27.2 Å². The van der Waals surface area contributed by atoms with Gasteiger partial charge in [0.25, 0.3) is 0 Å². The summed E-state index contributed by atoms with van der Waals surface area (Å²) in [6.07, 6.45) is 6.79. The first-order chi connectivity index (χ1) is 14.4. The lowest BCUT2D eigenvalue weighted by Gasteiger charge is -2.39. The van der Waals surface area contributed by atoms with E-state index >= 15 is 0 Å². The van der Waals surface area contributed by atoms with Gasteiger partial charge in [-0.3, -0.25) is 19.8 Å². The van der Waals surface area contributed by atoms with Gasteiger partial charge in [-0.15, -0.1) is 0 Å². The van der Waals surface area contributed by atoms with Crippen LogP contribution in [-0.2, 0) is 10.5 Å². The standard InChI is InChI=1S/C21H24ClN7O/c22-16-6-2-1-5-14(16)17-11-27-21(25,19(28-17)20(24)30)15-10-26-8-7-18(15)29-9-3-4-13(23)12-29/h1-2,5-8,10-11,13,19H,3-4,9,12,23,25H2,(H2,24,30). The van der Waals surface area contributed by atoms with Gasteiger partial charge in [0.05, 0.1) is 11.9 Å². The van der Waals surface area contributed by atoms with Crippen LogP contribution in [0.5, 0.6) is 0 Å². The van der Waals surface area contributed by atoms with E-state index in [1.165, 1.54) is 0 Å². The van der Waals surface area contributed by atoms with Gasteiger partial charge in [-0.05, 0) is 25.0 Å². The van der Waals surface area contributed by atoms with Crippen molar-refractivity contribution in [3.63, 3.8) is 0 Å². The number of nitrogens with zero attached hydrogens (tertiary/aromatic N) is 4. The number of rotatable bonds is 4. The molecular formula is C21H24ClN7O. The fraction of sp³-hybridized carbons (Fsp3) is 0.333. The SMILES string of the molecule is NC(=O)C1N=C(c2ccccc2Cl)C=NC1(N)c1cnccc1N1CCCC(N)C1. The summed E-state index contributed by atoms with van der Waals surface area (Å²) in [5.74, 6) is -0.677. The van der Waals surface area contributed by atoms with Crippen molar-refractivity contribution in [3.8, 4) is 0 Å². The zero-order valence-corrected chi connectivity index (χ0v) is 17.2. The molecule has 3 atom stereocenters. The lowest BCUT2D eigenvalue weighted by atomic mass is 9.89. The first-order valence-corrected chi connectivity index (χ1v) is 10.2. The van der Waals surface area contributed by atoms with Crippen molar-refractivity contribution < 1.29 is 4.79 Å². The Labute approximate surface area is 179 Å². The van der Waals surface area contributed by atoms with Gasteiger partial charge in [-0.25, -0.2) is 0 Å². The minimum absolute atomic E-state index is 0.0696. The van der Waals surface area contributed by atoms with Crippen LogP contribution in [0.4, 0.5) is 5.69 Å². The maximum atomic E-state index is 12.4. The van der Waals surface area contributed by atoms with Crippen LogP contribution in [-0.4, -0.2) is 48.0 Å². The van der Waals surface area contributed by atoms with E-state index in [1.807, 2.05) is 18.2 Å². The van der Waals surface area contributed by atoms with E-state index < -0.39 is 17.6 Å². The summed E-state index contributed by atoms with van der Waals surface area (Å²) in [4.78, 5) is 27.9. The summed E-state index contributed by atoms with van der Waals surface area (Å²) >= 11 is 6.29. The minimum atomic E-state index is -1.48. The van der Waals surface area contributed by atoms with Crippen LogP contribution in [0.3, 0.4) is 0 Å². The third-order valence-corrected chi connectivity index (χ3v) is 5.86. The Morgan fingerprint density at radius 1 is 1.27 bits per heavy atom. The van der Waals surface area contributed by atoms with Crippen LogP contribution >= 0.6 is 11.6 Å². The maximum Gasteiger partial charge on any atom is 0.246 e. The van der Waals surface area contributed by atoms with E-state index in [4.69, 9.17) is 28.8 Å². The number of aliphatic imine (C=N–C) groups is 2. The van der Waals surface area contributed by atoms with Crippen molar-refractivity contribution in [1.29, 1.82) is 0 Å². The quantitative estimate of drug-likeness (QED) is 0.676. The number of aromatic nitrogens is 1. The van der Waals surface area contributed by atoms with Crippen molar-refractivity contribution in [3.05, 3.63) is 58.9 Å². The van der Waals surface area contributed by atoms with Gasteiger partial charge < -0.3 is 22.1 Å². The molecule has 1 aromatic heterocycles. The molecule has 6 N–H and O–H groups in total. The molecule has 0 bridgehead atoms. The van der Waals surface area contributed by atoms with E-state index in [2.05, 4.69) is 19.9 Å². The molecule has 1 aromatic carbocycles. The van der Waals surface area contributed by atoms with Crippen LogP contribution in [0, 0.1) is 0 Å². The normalized spacial score (nSPS) is 26.4. The summed E-state index contributed by atoms with van der Waals surface area (Å²) in [7, 11) is 0. The number of anilines is 1. The predicted molar refractivity (Wildman–Crippen MR) is 119 cm³/mol. The molecule has 2 aliphatic rings. The van der Waals surface area contributed by atoms with Gasteiger partial charge in [0, 0.05) is 53.4 Å². The number of hydrogen-bond acceptors (Lipinski definition) is 7. The number of benzene rings is 1. The number of carbonyl (C=O) groups excluding carboxylic acids is 1. The molecular weight excluding hydrogens is 402 g/mol. The van der Waals surface area contributed by atoms with Crippen LogP contribution in [0.25, 0.3) is 0 Å². The fourth-order valence-corrected chi connectivity index (χ4v) is 4.25. The van der Waals surface area contributed by atoms with Crippen LogP contribution in [0.1, 0.15) is 24.0 Å². The third-order valence-electron chi connectivity index (χ3n) is 5.53. The number of pyridine rings is 1. The Hall–Kier alpha value is -2.81. The molecule has 156 valence electrons. The van der Waals surface area contributed by atoms with Crippen molar-refractivity contribution in [2.45, 2.75) is 30.6 Å². The molecule has 8 nitrogen and oxygen atoms in total. The molecule has 0 saturated carbocycles. The summed E-state index contributed by atoms with van der Waals surface area (Å²) in [5.41, 5.74) is 19.6. The number of nitrogens with two attached hydrogens (primary N) is 3. The zero-order chi connectivity index (χ0) is 21.3. The molecule has 0 radical (unpaired) electrons. The molecule has 1 fully saturated rings. The van der Waals surface area contributed by atoms with Crippen molar-refractivity contribution >= 4 is 35.1 Å². The van der Waals surface area contributed by atoms with Crippen molar-refractivity contribution in [2.75, 3.05) is 18.0 Å². The highest BCUT2D eigenvalue weighted by Gasteiger charge is 2.45. The molecule has 0 spiro atoms. The number of primary amides is 1. The zero-order valence-electron chi connectivity index (χ0n) is 16.4. The second-order valence-corrected chi connectivity index (χ2v) is 8.03. The van der Waals surface area contributed by atoms with Gasteiger partial charge >= 0.3 is 0 Å². The Morgan fingerprint density at radius 3 is 2.80 bits per heavy atom. The number of carbonyl (C=O) groups is 1. The van der Waals surface area contributed by atoms with Crippen LogP contribution in [0.2, 0.25) is 5.02 Å². The lowest BCUT2D eigenvalue weighted by molar-refractivity contribution is -0.120. The molecule has 3 heterocycles. The van der Waals surface area contributed by atoms with Gasteiger partial charge in [0.1, 0.15) is 0 Å². The highest BCUT2D eigenvalue weighted by molar-refractivity contribution is 6.44. The average Bonchev–Trinajstić information content (AvgIpc) is 2.74. The summed E-state index contributed by atoms with van der Waals surface area (Å²) in [6, 6.07) is 8.02. The largest absolute Gasteiger partial charge is 0.370 e. The van der Waals surface area contributed by atoms with Gasteiger partial charge in [-0.2, -0.15) is 0 Å². The summed E-state index contributed by atoms with van der Waals surface area (Å²) in [6.45, 7) is 1.52. The maximum absolute atomic E-state index is 12.4. The Morgan fingerprint density at radius 2 is 2.07 bits per heavy atom. The lowest BCUT2D eigenvalue weighted by Crippen LogP contribution is -2.55. The summed E-state index contributed by atoms with van der Waals surface area (Å²) < 4.78 is 0. The molecule has 2 aromatic rings. The monoisotopic (exact) mass is 425 g/mol. The number of halogens is 1. The second-order valence-electron chi connectivity index (χ2n) is 7.62. The Balaban J connectivity index is 1.77. The molecule has 2 aliphatic heterocycles. The Kier molecular flexibility index (Phi) is 5.55. The highest BCUT2D eigenvalue weighted by atomic mass is 35.5. The smallest absolute Gasteiger partial charge is 0.246 e. The van der Waals surface area contributed by atoms with E-state index in [9.17, 15) is 4.79 Å². The first kappa shape index (κ1) is 20.5. The minimum Gasteiger partial charge on any atom is -0.370 e. The number of amides is 1.